The highest BCUT2D eigenvalue weighted by Gasteiger charge is 2.37. The van der Waals surface area contributed by atoms with Crippen molar-refractivity contribution in [1.29, 1.82) is 0 Å². The first-order valence-electron chi connectivity index (χ1n) is 16.0. The number of hydrogen-bond donors (Lipinski definition) is 1. The van der Waals surface area contributed by atoms with Crippen LogP contribution in [0, 0.1) is 11.8 Å². The van der Waals surface area contributed by atoms with Crippen LogP contribution in [0.3, 0.4) is 0 Å². The van der Waals surface area contributed by atoms with Crippen molar-refractivity contribution in [2.24, 2.45) is 11.8 Å². The third-order valence-electron chi connectivity index (χ3n) is 8.43. The van der Waals surface area contributed by atoms with Crippen molar-refractivity contribution in [1.82, 2.24) is 10.2 Å². The molecule has 48 heavy (non-hydrogen) atoms. The fraction of sp³-hybridized carbons (Fsp3) is 0.361. The van der Waals surface area contributed by atoms with Gasteiger partial charge >= 0.3 is 24.1 Å². The van der Waals surface area contributed by atoms with Crippen molar-refractivity contribution in [3.63, 3.8) is 0 Å². The summed E-state index contributed by atoms with van der Waals surface area (Å²) < 4.78 is 21.9. The fourth-order valence-corrected chi connectivity index (χ4v) is 5.71. The lowest BCUT2D eigenvalue weighted by Gasteiger charge is -2.31. The Balaban J connectivity index is 1.35. The molecule has 3 amide bonds. The molecule has 1 N–H and O–H groups in total. The van der Waals surface area contributed by atoms with E-state index >= 15 is 0 Å². The highest BCUT2D eigenvalue weighted by Crippen LogP contribution is 2.36. The monoisotopic (exact) mass is 657 g/mol. The summed E-state index contributed by atoms with van der Waals surface area (Å²) in [5, 5.41) is 3.20. The molecule has 2 aliphatic heterocycles. The Morgan fingerprint density at radius 3 is 1.96 bits per heavy atom. The van der Waals surface area contributed by atoms with Crippen LogP contribution in [-0.2, 0) is 37.0 Å². The molecule has 2 aliphatic rings. The molecule has 2 saturated heterocycles. The molecule has 0 aromatic heterocycles. The normalized spacial score (nSPS) is 15.2. The van der Waals surface area contributed by atoms with E-state index in [9.17, 15) is 24.0 Å². The zero-order valence-corrected chi connectivity index (χ0v) is 26.8. The molecule has 0 radical (unpaired) electrons. The van der Waals surface area contributed by atoms with Crippen LogP contribution in [0.2, 0.25) is 0 Å². The van der Waals surface area contributed by atoms with E-state index in [1.54, 1.807) is 24.3 Å². The third-order valence-corrected chi connectivity index (χ3v) is 8.43. The van der Waals surface area contributed by atoms with E-state index in [2.05, 4.69) is 5.32 Å². The largest absolute Gasteiger partial charge is 0.465 e. The van der Waals surface area contributed by atoms with Gasteiger partial charge in [0, 0.05) is 19.0 Å². The second kappa shape index (κ2) is 16.6. The van der Waals surface area contributed by atoms with Crippen molar-refractivity contribution >= 4 is 35.7 Å². The summed E-state index contributed by atoms with van der Waals surface area (Å²) in [5.74, 6) is -3.43. The molecule has 0 saturated carbocycles. The third kappa shape index (κ3) is 8.56. The van der Waals surface area contributed by atoms with Crippen molar-refractivity contribution in [3.05, 3.63) is 95.6 Å². The van der Waals surface area contributed by atoms with Crippen LogP contribution in [0.25, 0.3) is 0 Å². The Morgan fingerprint density at radius 1 is 0.750 bits per heavy atom. The van der Waals surface area contributed by atoms with Crippen molar-refractivity contribution in [2.75, 3.05) is 38.2 Å². The zero-order valence-electron chi connectivity index (χ0n) is 26.8. The molecule has 0 aliphatic carbocycles. The van der Waals surface area contributed by atoms with Gasteiger partial charge in [-0.15, -0.1) is 0 Å². The molecular formula is C36H39N3O9. The maximum Gasteiger partial charge on any atom is 0.421 e. The molecule has 0 unspecified atom stereocenters. The summed E-state index contributed by atoms with van der Waals surface area (Å²) in [6.07, 6.45) is 0.0884. The molecule has 2 heterocycles. The number of hydrogen-bond acceptors (Lipinski definition) is 10. The number of ether oxygens (including phenoxy) is 4. The summed E-state index contributed by atoms with van der Waals surface area (Å²) in [7, 11) is 1.18. The number of rotatable bonds is 9. The molecular weight excluding hydrogens is 618 g/mol. The number of nitrogens with zero attached hydrogens (tertiary/aromatic N) is 2. The Bertz CT molecular complexity index is 1580. The topological polar surface area (TPSA) is 141 Å². The van der Waals surface area contributed by atoms with E-state index in [0.29, 0.717) is 31.5 Å². The number of nitrogens with one attached hydrogen (secondary N) is 1. The Labute approximate surface area is 278 Å². The molecule has 2 fully saturated rings. The van der Waals surface area contributed by atoms with E-state index in [-0.39, 0.29) is 56.1 Å². The quantitative estimate of drug-likeness (QED) is 0.188. The molecule has 0 spiro atoms. The van der Waals surface area contributed by atoms with Crippen LogP contribution < -0.4 is 15.0 Å². The van der Waals surface area contributed by atoms with E-state index < -0.39 is 41.9 Å². The first-order valence-corrected chi connectivity index (χ1v) is 16.0. The minimum atomic E-state index is -0.968. The van der Waals surface area contributed by atoms with Gasteiger partial charge in [0.25, 0.3) is 0 Å². The number of carbonyl (C=O) groups is 5. The number of amides is 3. The van der Waals surface area contributed by atoms with E-state index in [4.69, 9.17) is 18.9 Å². The van der Waals surface area contributed by atoms with Gasteiger partial charge in [0.05, 0.1) is 18.7 Å². The van der Waals surface area contributed by atoms with E-state index in [1.807, 2.05) is 36.4 Å². The average molecular weight is 658 g/mol. The van der Waals surface area contributed by atoms with E-state index in [1.165, 1.54) is 30.2 Å². The number of para-hydroxylation sites is 1. The number of imide groups is 1. The van der Waals surface area contributed by atoms with Gasteiger partial charge in [0.1, 0.15) is 18.8 Å². The number of piperidine rings is 2. The van der Waals surface area contributed by atoms with Gasteiger partial charge in [0.15, 0.2) is 5.75 Å². The second-order valence-corrected chi connectivity index (χ2v) is 11.6. The number of carbonyl (C=O) groups excluding carboxylic acids is 5. The van der Waals surface area contributed by atoms with Gasteiger partial charge in [-0.25, -0.2) is 19.3 Å². The highest BCUT2D eigenvalue weighted by atomic mass is 16.6. The summed E-state index contributed by atoms with van der Waals surface area (Å²) in [6, 6.07) is 22.6. The maximum atomic E-state index is 14.0. The Kier molecular flexibility index (Phi) is 11.8. The number of methoxy groups -OCH3 is 1. The standard InChI is InChI=1S/C36H39N3O9/c1-45-34(42)29-13-8-14-30(39(32(40)27-15-19-37-20-16-27)36(44)47-24-26-11-6-3-7-12-26)31(29)48-33(41)28-17-21-38(22-18-28)35(43)46-23-25-9-4-2-5-10-25/h2-14,27-28,37H,15-24H2,1H3. The summed E-state index contributed by atoms with van der Waals surface area (Å²) in [5.41, 5.74) is 1.34. The first kappa shape index (κ1) is 34.1. The molecule has 12 heteroatoms. The van der Waals surface area contributed by atoms with Gasteiger partial charge in [-0.3, -0.25) is 9.59 Å². The Hall–Kier alpha value is -5.23. The van der Waals surface area contributed by atoms with Gasteiger partial charge in [-0.2, -0.15) is 0 Å². The lowest BCUT2D eigenvalue weighted by Crippen LogP contribution is -2.45. The highest BCUT2D eigenvalue weighted by molar-refractivity contribution is 6.15. The van der Waals surface area contributed by atoms with Crippen LogP contribution in [0.1, 0.15) is 47.2 Å². The summed E-state index contributed by atoms with van der Waals surface area (Å²) in [4.78, 5) is 69.2. The van der Waals surface area contributed by atoms with Gasteiger partial charge in [0.2, 0.25) is 5.91 Å². The maximum absolute atomic E-state index is 14.0. The zero-order chi connectivity index (χ0) is 33.9. The fourth-order valence-electron chi connectivity index (χ4n) is 5.71. The molecule has 12 nitrogen and oxygen atoms in total. The summed E-state index contributed by atoms with van der Waals surface area (Å²) in [6.45, 7) is 1.72. The van der Waals surface area contributed by atoms with Gasteiger partial charge in [-0.1, -0.05) is 66.7 Å². The van der Waals surface area contributed by atoms with Crippen LogP contribution in [0.4, 0.5) is 15.3 Å². The lowest BCUT2D eigenvalue weighted by molar-refractivity contribution is -0.140. The van der Waals surface area contributed by atoms with Crippen LogP contribution >= 0.6 is 0 Å². The predicted molar refractivity (Wildman–Crippen MR) is 174 cm³/mol. The minimum absolute atomic E-state index is 0.102. The number of likely N-dealkylation sites (tertiary alicyclic amines) is 1. The molecule has 0 atom stereocenters. The number of esters is 2. The van der Waals surface area contributed by atoms with Crippen molar-refractivity contribution in [3.8, 4) is 5.75 Å². The molecule has 3 aromatic rings. The van der Waals surface area contributed by atoms with Crippen LogP contribution in [0.5, 0.6) is 5.75 Å². The smallest absolute Gasteiger partial charge is 0.421 e. The Morgan fingerprint density at radius 2 is 1.35 bits per heavy atom. The van der Waals surface area contributed by atoms with Crippen molar-refractivity contribution in [2.45, 2.75) is 38.9 Å². The number of benzene rings is 3. The van der Waals surface area contributed by atoms with Crippen LogP contribution in [-0.4, -0.2) is 68.2 Å². The molecule has 5 rings (SSSR count). The van der Waals surface area contributed by atoms with E-state index in [0.717, 1.165) is 10.5 Å². The molecule has 252 valence electrons. The average Bonchev–Trinajstić information content (AvgIpc) is 3.14. The van der Waals surface area contributed by atoms with Crippen molar-refractivity contribution < 1.29 is 42.9 Å². The predicted octanol–water partition coefficient (Wildman–Crippen LogP) is 5.10. The second-order valence-electron chi connectivity index (χ2n) is 11.6. The molecule has 0 bridgehead atoms. The van der Waals surface area contributed by atoms with Gasteiger partial charge < -0.3 is 29.2 Å². The SMILES string of the molecule is COC(=O)c1cccc(N(C(=O)OCc2ccccc2)C(=O)C2CCNCC2)c1OC(=O)C1CCN(C(=O)OCc2ccccc2)CC1. The van der Waals surface area contributed by atoms with Crippen LogP contribution in [0.15, 0.2) is 78.9 Å². The van der Waals surface area contributed by atoms with Gasteiger partial charge in [-0.05, 0) is 62.0 Å². The minimum Gasteiger partial charge on any atom is -0.465 e. The lowest BCUT2D eigenvalue weighted by atomic mass is 9.96. The molecule has 3 aromatic carbocycles. The number of anilines is 1. The summed E-state index contributed by atoms with van der Waals surface area (Å²) >= 11 is 0. The first-order chi connectivity index (χ1) is 23.4.